The molecule has 0 aliphatic carbocycles. The molecule has 3 heterocycles. The molecule has 3 aliphatic rings. The molecular formula is C54H45N5O4P3+. The predicted octanol–water partition coefficient (Wildman–Crippen LogP) is 12.0. The zero-order valence-corrected chi connectivity index (χ0v) is 38.5. The Labute approximate surface area is 385 Å². The van der Waals surface area contributed by atoms with E-state index in [2.05, 4.69) is 126 Å². The van der Waals surface area contributed by atoms with Crippen molar-refractivity contribution in [1.82, 2.24) is 4.86 Å². The quantitative estimate of drug-likeness (QED) is 0.123. The summed E-state index contributed by atoms with van der Waals surface area (Å²) in [5, 5.41) is 4.03. The number of rotatable bonds is 12. The molecular weight excluding hydrogens is 876 g/mol. The lowest BCUT2D eigenvalue weighted by molar-refractivity contribution is 0.319. The maximum atomic E-state index is 7.42. The lowest BCUT2D eigenvalue weighted by atomic mass is 10.1. The predicted molar refractivity (Wildman–Crippen MR) is 271 cm³/mol. The Morgan fingerprint density at radius 1 is 0.424 bits per heavy atom. The van der Waals surface area contributed by atoms with Crippen LogP contribution in [0, 0.1) is 0 Å². The van der Waals surface area contributed by atoms with E-state index in [4.69, 9.17) is 37.5 Å². The van der Waals surface area contributed by atoms with Crippen LogP contribution in [-0.4, -0.2) is 25.0 Å². The van der Waals surface area contributed by atoms with Crippen LogP contribution in [0.15, 0.2) is 250 Å². The first-order chi connectivity index (χ1) is 32.6. The van der Waals surface area contributed by atoms with Gasteiger partial charge < -0.3 is 18.5 Å². The van der Waals surface area contributed by atoms with E-state index in [-0.39, 0.29) is 12.1 Å². The van der Waals surface area contributed by atoms with Gasteiger partial charge in [0.2, 0.25) is 11.8 Å². The van der Waals surface area contributed by atoms with E-state index in [1.54, 1.807) is 0 Å². The van der Waals surface area contributed by atoms with E-state index in [9.17, 15) is 0 Å². The zero-order chi connectivity index (χ0) is 44.2. The number of nitrogens with zero attached hydrogens (tertiary/aromatic N) is 4. The third-order valence-electron chi connectivity index (χ3n) is 11.6. The van der Waals surface area contributed by atoms with Crippen LogP contribution in [0.1, 0.15) is 34.3 Å². The number of nitrogens with one attached hydrogen (secondary N) is 1. The lowest BCUT2D eigenvalue weighted by Gasteiger charge is -2.37. The van der Waals surface area contributed by atoms with Gasteiger partial charge in [-0.15, -0.1) is 0 Å². The summed E-state index contributed by atoms with van der Waals surface area (Å²) in [6.07, 6.45) is 0. The first-order valence-corrected chi connectivity index (χ1v) is 26.9. The monoisotopic (exact) mass is 920 g/mol. The van der Waals surface area contributed by atoms with Gasteiger partial charge in [0.25, 0.3) is 0 Å². The van der Waals surface area contributed by atoms with E-state index in [0.717, 1.165) is 43.5 Å². The molecule has 3 aliphatic heterocycles. The van der Waals surface area contributed by atoms with Gasteiger partial charge in [0.15, 0.2) is 0 Å². The van der Waals surface area contributed by atoms with Gasteiger partial charge in [-0.2, -0.15) is 4.86 Å². The van der Waals surface area contributed by atoms with Gasteiger partial charge in [-0.25, -0.2) is 9.98 Å². The van der Waals surface area contributed by atoms with E-state index in [1.807, 2.05) is 109 Å². The average Bonchev–Trinajstić information content (AvgIpc) is 4.11. The summed E-state index contributed by atoms with van der Waals surface area (Å²) in [5.41, 5.74) is 3.94. The van der Waals surface area contributed by atoms with Crippen LogP contribution < -0.4 is 35.1 Å². The molecule has 0 saturated carbocycles. The van der Waals surface area contributed by atoms with Gasteiger partial charge in [0.1, 0.15) is 54.6 Å². The Kier molecular flexibility index (Phi) is 11.5. The van der Waals surface area contributed by atoms with Gasteiger partial charge in [0, 0.05) is 21.7 Å². The minimum Gasteiger partial charge on any atom is -0.475 e. The molecule has 0 bridgehead atoms. The number of aliphatic imine (C=N–C) groups is 2. The van der Waals surface area contributed by atoms with Crippen LogP contribution in [0.5, 0.6) is 11.5 Å². The summed E-state index contributed by atoms with van der Waals surface area (Å²) in [6, 6.07) is 77.9. The summed E-state index contributed by atoms with van der Waals surface area (Å²) >= 11 is 0. The van der Waals surface area contributed by atoms with Crippen LogP contribution in [0.4, 0.5) is 0 Å². The second-order valence-electron chi connectivity index (χ2n) is 16.0. The van der Waals surface area contributed by atoms with Crippen molar-refractivity contribution in [2.75, 3.05) is 13.2 Å². The molecule has 0 saturated heterocycles. The highest BCUT2D eigenvalue weighted by molar-refractivity contribution is 8.00. The SMILES string of the molecule is c1ccc([C@H]2COC(c3ccc(OP4(Oc5ccc(C6=N[C@@H](c7ccccc7)CO6)cc5)=N[P+](c5ccccc5)(c5ccccc5)N=P(c5ccccc5)(c5ccccc5)N4)cc3)=N2)cc1. The highest BCUT2D eigenvalue weighted by Crippen LogP contribution is 2.78. The summed E-state index contributed by atoms with van der Waals surface area (Å²) in [5.74, 6) is 2.33. The smallest absolute Gasteiger partial charge is 0.438 e. The van der Waals surface area contributed by atoms with Gasteiger partial charge in [-0.3, -0.25) is 0 Å². The minimum atomic E-state index is -3.66. The first kappa shape index (κ1) is 41.8. The molecule has 66 heavy (non-hydrogen) atoms. The van der Waals surface area contributed by atoms with E-state index >= 15 is 0 Å². The molecule has 8 aromatic carbocycles. The summed E-state index contributed by atoms with van der Waals surface area (Å²) in [4.78, 5) is 14.0. The van der Waals surface area contributed by atoms with E-state index in [1.165, 1.54) is 0 Å². The molecule has 12 heteroatoms. The molecule has 11 rings (SSSR count). The molecule has 0 fully saturated rings. The fourth-order valence-corrected chi connectivity index (χ4v) is 22.1. The molecule has 2 atom stereocenters. The van der Waals surface area contributed by atoms with Crippen LogP contribution in [0.25, 0.3) is 0 Å². The molecule has 0 unspecified atom stereocenters. The summed E-state index contributed by atoms with van der Waals surface area (Å²) in [6.45, 7) is 0.960. The number of hydrogen-bond donors (Lipinski definition) is 1. The van der Waals surface area contributed by atoms with Crippen molar-refractivity contribution >= 4 is 55.4 Å². The van der Waals surface area contributed by atoms with Gasteiger partial charge in [-0.1, -0.05) is 162 Å². The molecule has 0 spiro atoms. The van der Waals surface area contributed by atoms with Crippen molar-refractivity contribution in [1.29, 1.82) is 0 Å². The van der Waals surface area contributed by atoms with Gasteiger partial charge in [0.05, 0.1) is 0 Å². The van der Waals surface area contributed by atoms with Crippen molar-refractivity contribution in [3.05, 3.63) is 253 Å². The van der Waals surface area contributed by atoms with Crippen LogP contribution >= 0.6 is 22.4 Å². The average molecular weight is 921 g/mol. The molecule has 0 aromatic heterocycles. The van der Waals surface area contributed by atoms with Gasteiger partial charge in [-0.05, 0) is 88.4 Å². The first-order valence-electron chi connectivity index (χ1n) is 21.9. The second kappa shape index (κ2) is 18.2. The summed E-state index contributed by atoms with van der Waals surface area (Å²) < 4.78 is 39.3. The fourth-order valence-electron chi connectivity index (χ4n) is 8.34. The maximum absolute atomic E-state index is 7.42. The van der Waals surface area contributed by atoms with Crippen molar-refractivity contribution in [3.8, 4) is 11.5 Å². The summed E-state index contributed by atoms with van der Waals surface area (Å²) in [7, 11) is -9.79. The standard InChI is InChI=1S/C54H45N5O4P3/c1-7-19-41(20-8-1)51-39-60-53(55-51)43-31-35-45(36-32-43)62-66(63-46-37-33-44(34-38-46)54-56-52(40-61-54)42-21-9-2-10-22-42)58-64(47-23-11-3-12-24-47,48-25-13-4-14-26-48)57-65(59-66,49-27-15-5-16-28-49)50-29-17-6-18-30-50/h1-38,51-52,58H,39-40H2/q+1/t51-,52-/m1/s1. The highest BCUT2D eigenvalue weighted by atomic mass is 31.3. The number of ether oxygens (including phenoxy) is 2. The van der Waals surface area contributed by atoms with Crippen molar-refractivity contribution < 1.29 is 18.5 Å². The second-order valence-corrected chi connectivity index (χ2v) is 24.1. The topological polar surface area (TPSA) is 98.4 Å². The molecule has 8 aromatic rings. The van der Waals surface area contributed by atoms with Crippen molar-refractivity contribution in [2.45, 2.75) is 12.1 Å². The van der Waals surface area contributed by atoms with E-state index < -0.39 is 22.4 Å². The molecule has 1 N–H and O–H groups in total. The zero-order valence-electron chi connectivity index (χ0n) is 35.8. The molecule has 324 valence electrons. The van der Waals surface area contributed by atoms with Crippen molar-refractivity contribution in [2.24, 2.45) is 19.0 Å². The lowest BCUT2D eigenvalue weighted by Crippen LogP contribution is -2.34. The largest absolute Gasteiger partial charge is 0.475 e. The van der Waals surface area contributed by atoms with Crippen LogP contribution in [-0.2, 0) is 9.47 Å². The number of benzene rings is 8. The Morgan fingerprint density at radius 3 is 1.18 bits per heavy atom. The van der Waals surface area contributed by atoms with Crippen LogP contribution in [0.3, 0.4) is 0 Å². The Hall–Kier alpha value is -6.85. The normalized spacial score (nSPS) is 18.8. The molecule has 9 nitrogen and oxygen atoms in total. The third-order valence-corrected chi connectivity index (χ3v) is 22.9. The number of hydrogen-bond acceptors (Lipinski definition) is 9. The highest BCUT2D eigenvalue weighted by Gasteiger charge is 2.57. The fraction of sp³-hybridized carbons (Fsp3) is 0.0741. The minimum absolute atomic E-state index is 0.0705. The molecule has 0 amide bonds. The molecule has 0 radical (unpaired) electrons. The Balaban J connectivity index is 1.08. The van der Waals surface area contributed by atoms with E-state index in [0.29, 0.717) is 36.5 Å². The van der Waals surface area contributed by atoms with Crippen LogP contribution in [0.2, 0.25) is 0 Å². The Bertz CT molecular complexity index is 2930. The third kappa shape index (κ3) is 8.32. The van der Waals surface area contributed by atoms with Gasteiger partial charge >= 0.3 is 15.2 Å². The Morgan fingerprint density at radius 2 is 0.788 bits per heavy atom. The maximum Gasteiger partial charge on any atom is 0.438 e. The van der Waals surface area contributed by atoms with Crippen molar-refractivity contribution in [3.63, 3.8) is 0 Å².